The smallest absolute Gasteiger partial charge is 0.146 e. The van der Waals surface area contributed by atoms with Crippen molar-refractivity contribution in [3.8, 4) is 0 Å². The van der Waals surface area contributed by atoms with Gasteiger partial charge in [-0.25, -0.2) is 4.98 Å². The highest BCUT2D eigenvalue weighted by molar-refractivity contribution is 5.40. The Morgan fingerprint density at radius 3 is 2.72 bits per heavy atom. The van der Waals surface area contributed by atoms with E-state index in [0.717, 1.165) is 18.2 Å². The average Bonchev–Trinajstić information content (AvgIpc) is 2.89. The molecule has 1 aromatic rings. The first-order valence-electron chi connectivity index (χ1n) is 6.74. The van der Waals surface area contributed by atoms with Crippen LogP contribution in [-0.2, 0) is 0 Å². The first kappa shape index (κ1) is 13.1. The van der Waals surface area contributed by atoms with Crippen molar-refractivity contribution >= 4 is 11.6 Å². The van der Waals surface area contributed by atoms with Crippen molar-refractivity contribution < 1.29 is 0 Å². The van der Waals surface area contributed by atoms with E-state index in [4.69, 9.17) is 0 Å². The number of aromatic nitrogens is 2. The van der Waals surface area contributed by atoms with Crippen molar-refractivity contribution in [3.63, 3.8) is 0 Å². The molecule has 5 nitrogen and oxygen atoms in total. The number of hydrogen-bond acceptors (Lipinski definition) is 5. The highest BCUT2D eigenvalue weighted by Crippen LogP contribution is 2.11. The quantitative estimate of drug-likeness (QED) is 0.803. The largest absolute Gasteiger partial charge is 0.372 e. The summed E-state index contributed by atoms with van der Waals surface area (Å²) in [6.07, 6.45) is 6.20. The summed E-state index contributed by atoms with van der Waals surface area (Å²) in [6.45, 7) is 6.92. The second kappa shape index (κ2) is 6.54. The summed E-state index contributed by atoms with van der Waals surface area (Å²) < 4.78 is 0. The Hall–Kier alpha value is -1.36. The van der Waals surface area contributed by atoms with Crippen LogP contribution in [0, 0.1) is 5.92 Å². The summed E-state index contributed by atoms with van der Waals surface area (Å²) >= 11 is 0. The van der Waals surface area contributed by atoms with E-state index in [1.165, 1.54) is 32.5 Å². The van der Waals surface area contributed by atoms with E-state index < -0.39 is 0 Å². The third-order valence-electron chi connectivity index (χ3n) is 3.29. The topological polar surface area (TPSA) is 53.1 Å². The summed E-state index contributed by atoms with van der Waals surface area (Å²) in [6, 6.07) is 0. The van der Waals surface area contributed by atoms with Crippen LogP contribution in [0.2, 0.25) is 0 Å². The van der Waals surface area contributed by atoms with E-state index in [9.17, 15) is 0 Å². The van der Waals surface area contributed by atoms with Crippen LogP contribution in [0.25, 0.3) is 0 Å². The molecule has 1 aliphatic heterocycles. The normalized spacial score (nSPS) is 17.7. The van der Waals surface area contributed by atoms with Crippen molar-refractivity contribution in [3.05, 3.63) is 12.4 Å². The number of nitrogens with one attached hydrogen (secondary N) is 2. The van der Waals surface area contributed by atoms with Gasteiger partial charge in [0.2, 0.25) is 0 Å². The molecule has 18 heavy (non-hydrogen) atoms. The average molecular weight is 249 g/mol. The summed E-state index contributed by atoms with van der Waals surface area (Å²) in [5.41, 5.74) is 0. The highest BCUT2D eigenvalue weighted by atomic mass is 15.1. The van der Waals surface area contributed by atoms with E-state index in [1.54, 1.807) is 12.4 Å². The molecular formula is C13H23N5. The summed E-state index contributed by atoms with van der Waals surface area (Å²) in [5.74, 6) is 2.27. The fourth-order valence-electron chi connectivity index (χ4n) is 2.32. The third-order valence-corrected chi connectivity index (χ3v) is 3.29. The maximum atomic E-state index is 4.40. The molecule has 0 amide bonds. The van der Waals surface area contributed by atoms with Gasteiger partial charge < -0.3 is 15.5 Å². The number of likely N-dealkylation sites (tertiary alicyclic amines) is 1. The lowest BCUT2D eigenvalue weighted by molar-refractivity contribution is 0.294. The van der Waals surface area contributed by atoms with Gasteiger partial charge in [-0.1, -0.05) is 6.92 Å². The maximum Gasteiger partial charge on any atom is 0.146 e. The van der Waals surface area contributed by atoms with E-state index in [1.807, 2.05) is 7.05 Å². The third kappa shape index (κ3) is 3.84. The Morgan fingerprint density at radius 2 is 2.00 bits per heavy atom. The van der Waals surface area contributed by atoms with Crippen LogP contribution in [0.1, 0.15) is 19.8 Å². The predicted molar refractivity (Wildman–Crippen MR) is 74.9 cm³/mol. The zero-order valence-corrected chi connectivity index (χ0v) is 11.3. The zero-order chi connectivity index (χ0) is 12.8. The van der Waals surface area contributed by atoms with Gasteiger partial charge in [-0.2, -0.15) is 0 Å². The van der Waals surface area contributed by atoms with Crippen LogP contribution < -0.4 is 10.6 Å². The molecule has 0 saturated carbocycles. The van der Waals surface area contributed by atoms with Crippen molar-refractivity contribution in [1.29, 1.82) is 0 Å². The van der Waals surface area contributed by atoms with Gasteiger partial charge in [0.1, 0.15) is 11.6 Å². The van der Waals surface area contributed by atoms with Crippen molar-refractivity contribution in [2.75, 3.05) is 43.9 Å². The fourth-order valence-corrected chi connectivity index (χ4v) is 2.32. The minimum atomic E-state index is 0.628. The Morgan fingerprint density at radius 1 is 1.28 bits per heavy atom. The van der Waals surface area contributed by atoms with Crippen LogP contribution in [0.15, 0.2) is 12.4 Å². The van der Waals surface area contributed by atoms with Crippen LogP contribution in [0.3, 0.4) is 0 Å². The molecule has 1 saturated heterocycles. The molecule has 0 spiro atoms. The van der Waals surface area contributed by atoms with Crippen molar-refractivity contribution in [2.45, 2.75) is 19.8 Å². The first-order chi connectivity index (χ1) is 8.78. The molecule has 1 unspecified atom stereocenters. The second-order valence-corrected chi connectivity index (χ2v) is 5.03. The Kier molecular flexibility index (Phi) is 4.75. The molecule has 0 radical (unpaired) electrons. The summed E-state index contributed by atoms with van der Waals surface area (Å²) in [4.78, 5) is 11.1. The van der Waals surface area contributed by atoms with Crippen molar-refractivity contribution in [2.24, 2.45) is 5.92 Å². The second-order valence-electron chi connectivity index (χ2n) is 5.03. The van der Waals surface area contributed by atoms with E-state index in [-0.39, 0.29) is 0 Å². The Balaban J connectivity index is 1.75. The maximum absolute atomic E-state index is 4.40. The van der Waals surface area contributed by atoms with Gasteiger partial charge in [0.25, 0.3) is 0 Å². The van der Waals surface area contributed by atoms with Crippen LogP contribution in [0.4, 0.5) is 11.6 Å². The molecule has 0 aromatic carbocycles. The van der Waals surface area contributed by atoms with Crippen LogP contribution >= 0.6 is 0 Å². The van der Waals surface area contributed by atoms with Gasteiger partial charge >= 0.3 is 0 Å². The molecule has 1 aromatic heterocycles. The molecule has 2 heterocycles. The number of anilines is 2. The van der Waals surface area contributed by atoms with Crippen LogP contribution in [-0.4, -0.2) is 48.1 Å². The lowest BCUT2D eigenvalue weighted by Crippen LogP contribution is -2.29. The molecule has 5 heteroatoms. The van der Waals surface area contributed by atoms with Crippen LogP contribution in [0.5, 0.6) is 0 Å². The molecule has 0 bridgehead atoms. The van der Waals surface area contributed by atoms with Gasteiger partial charge in [0.05, 0.1) is 12.4 Å². The highest BCUT2D eigenvalue weighted by Gasteiger charge is 2.14. The molecule has 2 rings (SSSR count). The Labute approximate surface area is 109 Å². The van der Waals surface area contributed by atoms with Crippen molar-refractivity contribution in [1.82, 2.24) is 14.9 Å². The standard InChI is InChI=1S/C13H23N5/c1-11(10-18-5-3-4-6-18)7-16-13-9-15-8-12(14-2)17-13/h8-9,11H,3-7,10H2,1-2H3,(H2,14,16,17). The molecule has 100 valence electrons. The monoisotopic (exact) mass is 249 g/mol. The van der Waals surface area contributed by atoms with Gasteiger partial charge in [-0.15, -0.1) is 0 Å². The number of hydrogen-bond donors (Lipinski definition) is 2. The molecule has 2 N–H and O–H groups in total. The minimum Gasteiger partial charge on any atom is -0.372 e. The molecular weight excluding hydrogens is 226 g/mol. The predicted octanol–water partition coefficient (Wildman–Crippen LogP) is 1.66. The summed E-state index contributed by atoms with van der Waals surface area (Å²) in [5, 5.41) is 6.34. The van der Waals surface area contributed by atoms with Gasteiger partial charge in [0, 0.05) is 20.1 Å². The molecule has 1 atom stereocenters. The number of rotatable bonds is 6. The first-order valence-corrected chi connectivity index (χ1v) is 6.74. The summed E-state index contributed by atoms with van der Waals surface area (Å²) in [7, 11) is 1.85. The Bertz CT molecular complexity index is 362. The zero-order valence-electron chi connectivity index (χ0n) is 11.3. The van der Waals surface area contributed by atoms with Gasteiger partial charge in [0.15, 0.2) is 0 Å². The molecule has 1 fully saturated rings. The SMILES string of the molecule is CNc1cncc(NCC(C)CN2CCCC2)n1. The number of nitrogens with zero attached hydrogens (tertiary/aromatic N) is 3. The van der Waals surface area contributed by atoms with E-state index >= 15 is 0 Å². The van der Waals surface area contributed by atoms with E-state index in [2.05, 4.69) is 32.4 Å². The fraction of sp³-hybridized carbons (Fsp3) is 0.692. The lowest BCUT2D eigenvalue weighted by atomic mass is 10.1. The van der Waals surface area contributed by atoms with Gasteiger partial charge in [-0.05, 0) is 31.8 Å². The van der Waals surface area contributed by atoms with E-state index in [0.29, 0.717) is 5.92 Å². The molecule has 0 aliphatic carbocycles. The molecule has 1 aliphatic rings. The lowest BCUT2D eigenvalue weighted by Gasteiger charge is -2.20. The minimum absolute atomic E-state index is 0.628. The van der Waals surface area contributed by atoms with Gasteiger partial charge in [-0.3, -0.25) is 4.98 Å².